The molecule has 1 spiro atoms. The van der Waals surface area contributed by atoms with E-state index in [2.05, 4.69) is 15.9 Å². The van der Waals surface area contributed by atoms with Crippen molar-refractivity contribution in [2.45, 2.75) is 25.7 Å². The molecule has 1 saturated carbocycles. The quantitative estimate of drug-likeness (QED) is 0.718. The van der Waals surface area contributed by atoms with Gasteiger partial charge in [-0.15, -0.1) is 0 Å². The first kappa shape index (κ1) is 12.4. The predicted molar refractivity (Wildman–Crippen MR) is 76.2 cm³/mol. The van der Waals surface area contributed by atoms with E-state index >= 15 is 0 Å². The molecule has 0 radical (unpaired) electrons. The van der Waals surface area contributed by atoms with Gasteiger partial charge in [-0.2, -0.15) is 0 Å². The molecule has 4 rings (SSSR count). The van der Waals surface area contributed by atoms with Gasteiger partial charge in [0.2, 0.25) is 0 Å². The number of nitrogens with zero attached hydrogens (tertiary/aromatic N) is 2. The molecule has 19 heavy (non-hydrogen) atoms. The van der Waals surface area contributed by atoms with Crippen molar-refractivity contribution in [1.29, 1.82) is 0 Å². The maximum Gasteiger partial charge on any atom is 0.0594 e. The fourth-order valence-electron chi connectivity index (χ4n) is 4.55. The average molecular weight is 262 g/mol. The third-order valence-corrected chi connectivity index (χ3v) is 5.74. The molecule has 2 heterocycles. The summed E-state index contributed by atoms with van der Waals surface area (Å²) in [6, 6.07) is 0. The van der Waals surface area contributed by atoms with Gasteiger partial charge in [0.15, 0.2) is 0 Å². The van der Waals surface area contributed by atoms with Crippen molar-refractivity contribution >= 4 is 0 Å². The van der Waals surface area contributed by atoms with Crippen LogP contribution in [0.4, 0.5) is 0 Å². The van der Waals surface area contributed by atoms with Gasteiger partial charge in [-0.05, 0) is 44.7 Å². The zero-order valence-corrected chi connectivity index (χ0v) is 11.9. The van der Waals surface area contributed by atoms with E-state index in [0.717, 1.165) is 32.2 Å². The maximum absolute atomic E-state index is 5.40. The van der Waals surface area contributed by atoms with E-state index in [0.29, 0.717) is 5.41 Å². The Bertz CT molecular complexity index is 375. The Kier molecular flexibility index (Phi) is 3.17. The van der Waals surface area contributed by atoms with Crippen LogP contribution in [0.2, 0.25) is 0 Å². The summed E-state index contributed by atoms with van der Waals surface area (Å²) in [5.74, 6) is 0.996. The maximum atomic E-state index is 5.40. The molecule has 106 valence electrons. The molecule has 3 fully saturated rings. The summed E-state index contributed by atoms with van der Waals surface area (Å²) in [6.45, 7) is 9.46. The van der Waals surface area contributed by atoms with Crippen LogP contribution >= 0.6 is 0 Å². The Balaban J connectivity index is 1.23. The van der Waals surface area contributed by atoms with Crippen LogP contribution in [0.15, 0.2) is 11.6 Å². The zero-order chi connectivity index (χ0) is 12.7. The van der Waals surface area contributed by atoms with Gasteiger partial charge in [0.05, 0.1) is 13.2 Å². The highest BCUT2D eigenvalue weighted by atomic mass is 16.5. The lowest BCUT2D eigenvalue weighted by Crippen LogP contribution is -2.38. The van der Waals surface area contributed by atoms with Gasteiger partial charge >= 0.3 is 0 Å². The highest BCUT2D eigenvalue weighted by Gasteiger charge is 2.59. The number of hydrogen-bond donors (Lipinski definition) is 0. The van der Waals surface area contributed by atoms with Crippen molar-refractivity contribution in [3.63, 3.8) is 0 Å². The molecule has 0 N–H and O–H groups in total. The Hall–Kier alpha value is -0.380. The second kappa shape index (κ2) is 4.87. The Morgan fingerprint density at radius 2 is 2.05 bits per heavy atom. The summed E-state index contributed by atoms with van der Waals surface area (Å²) in [5, 5.41) is 0. The zero-order valence-electron chi connectivity index (χ0n) is 11.9. The van der Waals surface area contributed by atoms with Gasteiger partial charge in [-0.3, -0.25) is 4.90 Å². The normalized spacial score (nSPS) is 38.7. The van der Waals surface area contributed by atoms with E-state index in [9.17, 15) is 0 Å². The minimum absolute atomic E-state index is 0.678. The molecule has 3 nitrogen and oxygen atoms in total. The summed E-state index contributed by atoms with van der Waals surface area (Å²) >= 11 is 0. The molecule has 3 heteroatoms. The summed E-state index contributed by atoms with van der Waals surface area (Å²) in [6.07, 6.45) is 8.10. The standard InChI is InChI=1S/C16H26N2O/c1-3-14-11-16(14)13-18(12-15(16)4-1)6-2-5-17-7-9-19-10-8-17/h3,15H,1-2,4-13H2. The molecule has 4 aliphatic rings. The molecular weight excluding hydrogens is 236 g/mol. The minimum atomic E-state index is 0.678. The van der Waals surface area contributed by atoms with Crippen LogP contribution in [-0.2, 0) is 4.74 Å². The molecule has 0 aromatic carbocycles. The highest BCUT2D eigenvalue weighted by molar-refractivity contribution is 5.39. The number of allylic oxidation sites excluding steroid dienone is 1. The first-order chi connectivity index (χ1) is 9.37. The number of ether oxygens (including phenoxy) is 1. The third-order valence-electron chi connectivity index (χ3n) is 5.74. The Morgan fingerprint density at radius 1 is 1.21 bits per heavy atom. The fraction of sp³-hybridized carbons (Fsp3) is 0.875. The average Bonchev–Trinajstić information content (AvgIpc) is 3.04. The molecule has 2 unspecified atom stereocenters. The topological polar surface area (TPSA) is 15.7 Å². The molecular formula is C16H26N2O. The number of morpholine rings is 1. The second-order valence-electron chi connectivity index (χ2n) is 6.88. The second-order valence-corrected chi connectivity index (χ2v) is 6.88. The van der Waals surface area contributed by atoms with Gasteiger partial charge in [-0.1, -0.05) is 11.6 Å². The van der Waals surface area contributed by atoms with Crippen molar-refractivity contribution in [3.05, 3.63) is 11.6 Å². The molecule has 2 aliphatic carbocycles. The molecule has 0 aromatic heterocycles. The van der Waals surface area contributed by atoms with Gasteiger partial charge in [0.25, 0.3) is 0 Å². The summed E-state index contributed by atoms with van der Waals surface area (Å²) in [7, 11) is 0. The lowest BCUT2D eigenvalue weighted by Gasteiger charge is -2.27. The van der Waals surface area contributed by atoms with Crippen molar-refractivity contribution in [3.8, 4) is 0 Å². The molecule has 2 aliphatic heterocycles. The molecule has 2 saturated heterocycles. The van der Waals surface area contributed by atoms with E-state index in [1.807, 2.05) is 0 Å². The van der Waals surface area contributed by atoms with Gasteiger partial charge in [0.1, 0.15) is 0 Å². The van der Waals surface area contributed by atoms with E-state index in [1.54, 1.807) is 5.57 Å². The summed E-state index contributed by atoms with van der Waals surface area (Å²) in [4.78, 5) is 5.31. The smallest absolute Gasteiger partial charge is 0.0594 e. The molecule has 0 amide bonds. The summed E-state index contributed by atoms with van der Waals surface area (Å²) < 4.78 is 5.40. The number of rotatable bonds is 4. The van der Waals surface area contributed by atoms with Crippen LogP contribution < -0.4 is 0 Å². The van der Waals surface area contributed by atoms with Gasteiger partial charge in [0, 0.05) is 31.6 Å². The SMILES string of the molecule is C1=C2CC23CN(CCCN2CCOCC2)CC3CC1. The van der Waals surface area contributed by atoms with Crippen molar-refractivity contribution < 1.29 is 4.74 Å². The van der Waals surface area contributed by atoms with Gasteiger partial charge < -0.3 is 9.64 Å². The third kappa shape index (κ3) is 2.26. The first-order valence-corrected chi connectivity index (χ1v) is 8.09. The van der Waals surface area contributed by atoms with Crippen LogP contribution in [0.1, 0.15) is 25.7 Å². The van der Waals surface area contributed by atoms with Crippen molar-refractivity contribution in [1.82, 2.24) is 9.80 Å². The fourth-order valence-corrected chi connectivity index (χ4v) is 4.55. The van der Waals surface area contributed by atoms with Crippen LogP contribution in [0, 0.1) is 11.3 Å². The van der Waals surface area contributed by atoms with Crippen LogP contribution in [-0.4, -0.2) is 62.3 Å². The molecule has 2 atom stereocenters. The number of likely N-dealkylation sites (tertiary alicyclic amines) is 1. The lowest BCUT2D eigenvalue weighted by atomic mass is 9.85. The van der Waals surface area contributed by atoms with E-state index in [4.69, 9.17) is 4.74 Å². The van der Waals surface area contributed by atoms with Gasteiger partial charge in [-0.25, -0.2) is 0 Å². The van der Waals surface area contributed by atoms with E-state index in [-0.39, 0.29) is 0 Å². The van der Waals surface area contributed by atoms with Crippen LogP contribution in [0.25, 0.3) is 0 Å². The van der Waals surface area contributed by atoms with E-state index < -0.39 is 0 Å². The van der Waals surface area contributed by atoms with Crippen LogP contribution in [0.3, 0.4) is 0 Å². The minimum Gasteiger partial charge on any atom is -0.379 e. The van der Waals surface area contributed by atoms with Crippen molar-refractivity contribution in [2.75, 3.05) is 52.5 Å². The number of hydrogen-bond acceptors (Lipinski definition) is 3. The summed E-state index contributed by atoms with van der Waals surface area (Å²) in [5.41, 5.74) is 2.48. The molecule has 0 aromatic rings. The Morgan fingerprint density at radius 3 is 2.89 bits per heavy atom. The lowest BCUT2D eigenvalue weighted by molar-refractivity contribution is 0.0363. The van der Waals surface area contributed by atoms with E-state index in [1.165, 1.54) is 51.9 Å². The highest BCUT2D eigenvalue weighted by Crippen LogP contribution is 2.64. The monoisotopic (exact) mass is 262 g/mol. The molecule has 0 bridgehead atoms. The Labute approximate surface area is 116 Å². The van der Waals surface area contributed by atoms with Crippen molar-refractivity contribution in [2.24, 2.45) is 11.3 Å². The largest absolute Gasteiger partial charge is 0.379 e. The predicted octanol–water partition coefficient (Wildman–Crippen LogP) is 1.75. The van der Waals surface area contributed by atoms with Crippen LogP contribution in [0.5, 0.6) is 0 Å². The first-order valence-electron chi connectivity index (χ1n) is 8.09.